The summed E-state index contributed by atoms with van der Waals surface area (Å²) >= 11 is 6.13. The van der Waals surface area contributed by atoms with E-state index in [0.717, 1.165) is 22.6 Å². The molecule has 1 N–H and O–H groups in total. The molecule has 5 heteroatoms. The predicted molar refractivity (Wildman–Crippen MR) is 104 cm³/mol. The number of furan rings is 1. The summed E-state index contributed by atoms with van der Waals surface area (Å²) < 4.78 is 5.45. The summed E-state index contributed by atoms with van der Waals surface area (Å²) in [5.41, 5.74) is 2.74. The Kier molecular flexibility index (Phi) is 6.10. The predicted octanol–water partition coefficient (Wildman–Crippen LogP) is 4.88. The molecule has 26 heavy (non-hydrogen) atoms. The van der Waals surface area contributed by atoms with Crippen LogP contribution in [0.3, 0.4) is 0 Å². The van der Waals surface area contributed by atoms with E-state index in [4.69, 9.17) is 16.0 Å². The quantitative estimate of drug-likeness (QED) is 0.646. The van der Waals surface area contributed by atoms with Gasteiger partial charge in [0.2, 0.25) is 5.91 Å². The van der Waals surface area contributed by atoms with E-state index in [1.807, 2.05) is 72.5 Å². The molecule has 0 bridgehead atoms. The van der Waals surface area contributed by atoms with Crippen molar-refractivity contribution >= 4 is 23.2 Å². The smallest absolute Gasteiger partial charge is 0.238 e. The van der Waals surface area contributed by atoms with E-state index >= 15 is 0 Å². The van der Waals surface area contributed by atoms with E-state index in [0.29, 0.717) is 18.1 Å². The number of nitrogens with one attached hydrogen (secondary N) is 1. The van der Waals surface area contributed by atoms with E-state index in [1.54, 1.807) is 6.26 Å². The second kappa shape index (κ2) is 8.70. The maximum absolute atomic E-state index is 12.6. The minimum atomic E-state index is -0.0853. The molecule has 134 valence electrons. The standard InChI is InChI=1S/C21H21ClN2O2/c1-16-19(22)10-5-11-20(16)23-21(25)15-24(14-18-9-6-12-26-18)13-17-7-3-2-4-8-17/h2-12H,13-15H2,1H3,(H,23,25). The van der Waals surface area contributed by atoms with Gasteiger partial charge in [-0.15, -0.1) is 0 Å². The fourth-order valence-electron chi connectivity index (χ4n) is 2.77. The first-order chi connectivity index (χ1) is 12.6. The van der Waals surface area contributed by atoms with E-state index in [1.165, 1.54) is 0 Å². The second-order valence-corrected chi connectivity index (χ2v) is 6.58. The lowest BCUT2D eigenvalue weighted by Gasteiger charge is -2.21. The molecule has 0 aliphatic carbocycles. The SMILES string of the molecule is Cc1c(Cl)cccc1NC(=O)CN(Cc1ccccc1)Cc1ccco1. The molecular weight excluding hydrogens is 348 g/mol. The van der Waals surface area contributed by atoms with Gasteiger partial charge in [-0.05, 0) is 42.3 Å². The lowest BCUT2D eigenvalue weighted by molar-refractivity contribution is -0.117. The highest BCUT2D eigenvalue weighted by atomic mass is 35.5. The van der Waals surface area contributed by atoms with Gasteiger partial charge in [0.25, 0.3) is 0 Å². The first kappa shape index (κ1) is 18.2. The van der Waals surface area contributed by atoms with E-state index in [-0.39, 0.29) is 12.5 Å². The zero-order valence-corrected chi connectivity index (χ0v) is 15.4. The van der Waals surface area contributed by atoms with Crippen molar-refractivity contribution in [3.63, 3.8) is 0 Å². The minimum Gasteiger partial charge on any atom is -0.468 e. The number of rotatable bonds is 7. The van der Waals surface area contributed by atoms with Gasteiger partial charge in [-0.25, -0.2) is 0 Å². The van der Waals surface area contributed by atoms with Crippen LogP contribution in [0.4, 0.5) is 5.69 Å². The lowest BCUT2D eigenvalue weighted by Crippen LogP contribution is -2.32. The number of amides is 1. The highest BCUT2D eigenvalue weighted by molar-refractivity contribution is 6.31. The first-order valence-corrected chi connectivity index (χ1v) is 8.83. The van der Waals surface area contributed by atoms with Crippen molar-refractivity contribution in [3.05, 3.63) is 88.8 Å². The van der Waals surface area contributed by atoms with Gasteiger partial charge in [0, 0.05) is 17.3 Å². The Morgan fingerprint density at radius 3 is 2.58 bits per heavy atom. The van der Waals surface area contributed by atoms with Gasteiger partial charge >= 0.3 is 0 Å². The topological polar surface area (TPSA) is 45.5 Å². The average molecular weight is 369 g/mol. The van der Waals surface area contributed by atoms with Crippen LogP contribution in [0, 0.1) is 6.92 Å². The second-order valence-electron chi connectivity index (χ2n) is 6.17. The largest absolute Gasteiger partial charge is 0.468 e. The number of nitrogens with zero attached hydrogens (tertiary/aromatic N) is 1. The van der Waals surface area contributed by atoms with E-state index < -0.39 is 0 Å². The highest BCUT2D eigenvalue weighted by Gasteiger charge is 2.14. The van der Waals surface area contributed by atoms with Crippen molar-refractivity contribution in [1.29, 1.82) is 0 Å². The summed E-state index contributed by atoms with van der Waals surface area (Å²) in [7, 11) is 0. The number of halogens is 1. The number of benzene rings is 2. The lowest BCUT2D eigenvalue weighted by atomic mass is 10.2. The van der Waals surface area contributed by atoms with Crippen LogP contribution in [0.5, 0.6) is 0 Å². The van der Waals surface area contributed by atoms with Crippen LogP contribution < -0.4 is 5.32 Å². The van der Waals surface area contributed by atoms with Crippen molar-refractivity contribution in [1.82, 2.24) is 4.90 Å². The molecule has 4 nitrogen and oxygen atoms in total. The third-order valence-corrected chi connectivity index (χ3v) is 4.53. The molecule has 0 aliphatic rings. The van der Waals surface area contributed by atoms with Gasteiger partial charge in [-0.1, -0.05) is 48.0 Å². The Balaban J connectivity index is 1.69. The Labute approximate surface area is 158 Å². The van der Waals surface area contributed by atoms with E-state index in [9.17, 15) is 4.79 Å². The van der Waals surface area contributed by atoms with Crippen LogP contribution in [0.25, 0.3) is 0 Å². The fourth-order valence-corrected chi connectivity index (χ4v) is 2.94. The van der Waals surface area contributed by atoms with Crippen LogP contribution >= 0.6 is 11.6 Å². The maximum Gasteiger partial charge on any atom is 0.238 e. The van der Waals surface area contributed by atoms with Crippen LogP contribution in [-0.4, -0.2) is 17.4 Å². The molecule has 3 rings (SSSR count). The molecule has 1 heterocycles. The molecule has 1 aromatic heterocycles. The number of hydrogen-bond donors (Lipinski definition) is 1. The Morgan fingerprint density at radius 1 is 1.04 bits per heavy atom. The molecule has 0 fully saturated rings. The van der Waals surface area contributed by atoms with Crippen LogP contribution in [0.2, 0.25) is 5.02 Å². The maximum atomic E-state index is 12.6. The number of anilines is 1. The molecule has 1 amide bonds. The summed E-state index contributed by atoms with van der Waals surface area (Å²) in [4.78, 5) is 14.6. The molecule has 0 radical (unpaired) electrons. The Morgan fingerprint density at radius 2 is 1.85 bits per heavy atom. The van der Waals surface area contributed by atoms with Gasteiger partial charge in [0.1, 0.15) is 5.76 Å². The number of carbonyl (C=O) groups excluding carboxylic acids is 1. The third kappa shape index (κ3) is 4.97. The zero-order chi connectivity index (χ0) is 18.4. The number of carbonyl (C=O) groups is 1. The minimum absolute atomic E-state index is 0.0853. The van der Waals surface area contributed by atoms with Crippen LogP contribution in [0.1, 0.15) is 16.9 Å². The Bertz CT molecular complexity index is 848. The van der Waals surface area contributed by atoms with Crippen molar-refractivity contribution in [2.75, 3.05) is 11.9 Å². The molecule has 2 aromatic carbocycles. The van der Waals surface area contributed by atoms with E-state index in [2.05, 4.69) is 5.32 Å². The Hall–Kier alpha value is -2.56. The van der Waals surface area contributed by atoms with Gasteiger partial charge < -0.3 is 9.73 Å². The van der Waals surface area contributed by atoms with Gasteiger partial charge in [0.15, 0.2) is 0 Å². The van der Waals surface area contributed by atoms with Crippen molar-refractivity contribution in [3.8, 4) is 0 Å². The van der Waals surface area contributed by atoms with Crippen LogP contribution in [0.15, 0.2) is 71.3 Å². The molecule has 0 spiro atoms. The summed E-state index contributed by atoms with van der Waals surface area (Å²) in [5.74, 6) is 0.741. The van der Waals surface area contributed by atoms with Crippen LogP contribution in [-0.2, 0) is 17.9 Å². The summed E-state index contributed by atoms with van der Waals surface area (Å²) in [6.45, 7) is 3.36. The molecule has 0 atom stereocenters. The molecular formula is C21H21ClN2O2. The van der Waals surface area contributed by atoms with Gasteiger partial charge in [0.05, 0.1) is 19.4 Å². The molecule has 0 saturated heterocycles. The molecule has 0 saturated carbocycles. The van der Waals surface area contributed by atoms with Crippen molar-refractivity contribution in [2.24, 2.45) is 0 Å². The summed E-state index contributed by atoms with van der Waals surface area (Å²) in [5, 5.41) is 3.59. The molecule has 3 aromatic rings. The monoisotopic (exact) mass is 368 g/mol. The van der Waals surface area contributed by atoms with Gasteiger partial charge in [-0.2, -0.15) is 0 Å². The summed E-state index contributed by atoms with van der Waals surface area (Å²) in [6.07, 6.45) is 1.64. The fraction of sp³-hybridized carbons (Fsp3) is 0.190. The first-order valence-electron chi connectivity index (χ1n) is 8.45. The normalized spacial score (nSPS) is 10.9. The third-order valence-electron chi connectivity index (χ3n) is 4.12. The van der Waals surface area contributed by atoms with Crippen molar-refractivity contribution in [2.45, 2.75) is 20.0 Å². The molecule has 0 unspecified atom stereocenters. The number of hydrogen-bond acceptors (Lipinski definition) is 3. The molecule has 0 aliphatic heterocycles. The summed E-state index contributed by atoms with van der Waals surface area (Å²) in [6, 6.07) is 19.3. The highest BCUT2D eigenvalue weighted by Crippen LogP contribution is 2.23. The average Bonchev–Trinajstić information content (AvgIpc) is 3.13. The zero-order valence-electron chi connectivity index (χ0n) is 14.6. The van der Waals surface area contributed by atoms with Gasteiger partial charge in [-0.3, -0.25) is 9.69 Å². The van der Waals surface area contributed by atoms with Crippen molar-refractivity contribution < 1.29 is 9.21 Å².